The molecule has 2 rings (SSSR count). The van der Waals surface area contributed by atoms with E-state index in [0.29, 0.717) is 17.2 Å². The fourth-order valence-corrected chi connectivity index (χ4v) is 3.13. The molecule has 0 atom stereocenters. The molecule has 0 unspecified atom stereocenters. The molecule has 1 aromatic heterocycles. The van der Waals surface area contributed by atoms with E-state index >= 15 is 0 Å². The predicted octanol–water partition coefficient (Wildman–Crippen LogP) is 4.73. The molecule has 1 fully saturated rings. The molecule has 3 heteroatoms. The van der Waals surface area contributed by atoms with Crippen LogP contribution in [0.3, 0.4) is 0 Å². The maximum Gasteiger partial charge on any atom is 0.181 e. The SMILES string of the molecule is CC(C)(C)C1CCC(c2ocnc2CCl)CC1. The van der Waals surface area contributed by atoms with Crippen molar-refractivity contribution in [3.05, 3.63) is 17.8 Å². The third kappa shape index (κ3) is 2.85. The largest absolute Gasteiger partial charge is 0.448 e. The smallest absolute Gasteiger partial charge is 0.181 e. The number of rotatable bonds is 2. The van der Waals surface area contributed by atoms with Gasteiger partial charge in [0.1, 0.15) is 5.76 Å². The number of hydrogen-bond acceptors (Lipinski definition) is 2. The Bertz CT molecular complexity index is 359. The molecule has 0 bridgehead atoms. The van der Waals surface area contributed by atoms with Gasteiger partial charge < -0.3 is 4.42 Å². The molecule has 17 heavy (non-hydrogen) atoms. The van der Waals surface area contributed by atoms with Crippen LogP contribution in [-0.4, -0.2) is 4.98 Å². The van der Waals surface area contributed by atoms with Gasteiger partial charge in [0.25, 0.3) is 0 Å². The normalized spacial score (nSPS) is 26.1. The van der Waals surface area contributed by atoms with Crippen LogP contribution >= 0.6 is 11.6 Å². The first-order valence-corrected chi connectivity index (χ1v) is 7.04. The number of aromatic nitrogens is 1. The van der Waals surface area contributed by atoms with Crippen LogP contribution in [0.15, 0.2) is 10.8 Å². The van der Waals surface area contributed by atoms with Gasteiger partial charge >= 0.3 is 0 Å². The van der Waals surface area contributed by atoms with Gasteiger partial charge in [0.05, 0.1) is 11.6 Å². The lowest BCUT2D eigenvalue weighted by Crippen LogP contribution is -2.25. The second kappa shape index (κ2) is 5.01. The summed E-state index contributed by atoms with van der Waals surface area (Å²) in [6.45, 7) is 7.03. The van der Waals surface area contributed by atoms with E-state index in [1.165, 1.54) is 32.1 Å². The molecule has 2 nitrogen and oxygen atoms in total. The average Bonchev–Trinajstić information content (AvgIpc) is 2.76. The van der Waals surface area contributed by atoms with Crippen molar-refractivity contribution in [3.8, 4) is 0 Å². The lowest BCUT2D eigenvalue weighted by molar-refractivity contribution is 0.163. The number of hydrogen-bond donors (Lipinski definition) is 0. The molecular weight excluding hydrogens is 234 g/mol. The van der Waals surface area contributed by atoms with Crippen molar-refractivity contribution in [2.24, 2.45) is 11.3 Å². The van der Waals surface area contributed by atoms with E-state index in [4.69, 9.17) is 16.0 Å². The summed E-state index contributed by atoms with van der Waals surface area (Å²) >= 11 is 5.87. The first kappa shape index (κ1) is 12.9. The van der Waals surface area contributed by atoms with Crippen molar-refractivity contribution in [1.29, 1.82) is 0 Å². The summed E-state index contributed by atoms with van der Waals surface area (Å²) in [5.74, 6) is 2.86. The van der Waals surface area contributed by atoms with E-state index in [2.05, 4.69) is 25.8 Å². The van der Waals surface area contributed by atoms with Gasteiger partial charge in [-0.25, -0.2) is 4.98 Å². The third-order valence-electron chi connectivity index (χ3n) is 4.12. The van der Waals surface area contributed by atoms with Crippen molar-refractivity contribution in [1.82, 2.24) is 4.98 Å². The summed E-state index contributed by atoms with van der Waals surface area (Å²) in [5.41, 5.74) is 1.37. The second-order valence-electron chi connectivity index (χ2n) is 6.21. The third-order valence-corrected chi connectivity index (χ3v) is 4.38. The molecular formula is C14H22ClNO. The van der Waals surface area contributed by atoms with Crippen molar-refractivity contribution in [2.75, 3.05) is 0 Å². The fraction of sp³-hybridized carbons (Fsp3) is 0.786. The van der Waals surface area contributed by atoms with Crippen LogP contribution in [0, 0.1) is 11.3 Å². The maximum atomic E-state index is 5.87. The molecule has 0 amide bonds. The topological polar surface area (TPSA) is 26.0 Å². The van der Waals surface area contributed by atoms with Gasteiger partial charge in [0, 0.05) is 5.92 Å². The lowest BCUT2D eigenvalue weighted by atomic mass is 9.69. The molecule has 0 spiro atoms. The summed E-state index contributed by atoms with van der Waals surface area (Å²) < 4.78 is 5.52. The molecule has 0 N–H and O–H groups in total. The van der Waals surface area contributed by atoms with Gasteiger partial charge in [-0.05, 0) is 37.0 Å². The average molecular weight is 256 g/mol. The highest BCUT2D eigenvalue weighted by atomic mass is 35.5. The molecule has 0 aliphatic heterocycles. The molecule has 1 aromatic rings. The Balaban J connectivity index is 2.00. The fourth-order valence-electron chi connectivity index (χ4n) is 2.93. The van der Waals surface area contributed by atoms with Crippen LogP contribution in [0.4, 0.5) is 0 Å². The molecule has 0 aromatic carbocycles. The minimum atomic E-state index is 0.432. The van der Waals surface area contributed by atoms with Gasteiger partial charge in [-0.3, -0.25) is 0 Å². The van der Waals surface area contributed by atoms with Crippen LogP contribution in [0.5, 0.6) is 0 Å². The van der Waals surface area contributed by atoms with Gasteiger partial charge in [-0.15, -0.1) is 11.6 Å². The first-order valence-electron chi connectivity index (χ1n) is 6.50. The van der Waals surface area contributed by atoms with Gasteiger partial charge in [0.15, 0.2) is 6.39 Å². The van der Waals surface area contributed by atoms with E-state index < -0.39 is 0 Å². The van der Waals surface area contributed by atoms with Crippen molar-refractivity contribution in [3.63, 3.8) is 0 Å². The second-order valence-corrected chi connectivity index (χ2v) is 6.48. The Morgan fingerprint density at radius 2 is 1.94 bits per heavy atom. The zero-order chi connectivity index (χ0) is 12.5. The molecule has 0 radical (unpaired) electrons. The first-order chi connectivity index (χ1) is 8.02. The molecule has 0 saturated heterocycles. The van der Waals surface area contributed by atoms with E-state index in [0.717, 1.165) is 17.4 Å². The van der Waals surface area contributed by atoms with Crippen LogP contribution in [0.2, 0.25) is 0 Å². The van der Waals surface area contributed by atoms with E-state index in [1.807, 2.05) is 0 Å². The zero-order valence-electron chi connectivity index (χ0n) is 11.0. The Morgan fingerprint density at radius 1 is 1.29 bits per heavy atom. The summed E-state index contributed by atoms with van der Waals surface area (Å²) in [6, 6.07) is 0. The minimum Gasteiger partial charge on any atom is -0.448 e. The highest BCUT2D eigenvalue weighted by molar-refractivity contribution is 6.16. The number of nitrogens with zero attached hydrogens (tertiary/aromatic N) is 1. The number of oxazole rings is 1. The lowest BCUT2D eigenvalue weighted by Gasteiger charge is -2.36. The van der Waals surface area contributed by atoms with Gasteiger partial charge in [0.2, 0.25) is 0 Å². The van der Waals surface area contributed by atoms with E-state index in [9.17, 15) is 0 Å². The minimum absolute atomic E-state index is 0.432. The number of alkyl halides is 1. The summed E-state index contributed by atoms with van der Waals surface area (Å²) in [4.78, 5) is 4.18. The Morgan fingerprint density at radius 3 is 2.47 bits per heavy atom. The Kier molecular flexibility index (Phi) is 3.82. The quantitative estimate of drug-likeness (QED) is 0.714. The monoisotopic (exact) mass is 255 g/mol. The standard InChI is InChI=1S/C14H22ClNO/c1-14(2,3)11-6-4-10(5-7-11)13-12(8-15)16-9-17-13/h9-11H,4-8H2,1-3H3. The zero-order valence-corrected chi connectivity index (χ0v) is 11.8. The highest BCUT2D eigenvalue weighted by Gasteiger charge is 2.32. The Labute approximate surface area is 109 Å². The van der Waals surface area contributed by atoms with Crippen LogP contribution in [0.1, 0.15) is 63.8 Å². The van der Waals surface area contributed by atoms with E-state index in [1.54, 1.807) is 0 Å². The van der Waals surface area contributed by atoms with Crippen molar-refractivity contribution < 1.29 is 4.42 Å². The van der Waals surface area contributed by atoms with Crippen LogP contribution in [-0.2, 0) is 5.88 Å². The predicted molar refractivity (Wildman–Crippen MR) is 70.2 cm³/mol. The molecule has 1 saturated carbocycles. The van der Waals surface area contributed by atoms with E-state index in [-0.39, 0.29) is 0 Å². The van der Waals surface area contributed by atoms with Crippen molar-refractivity contribution in [2.45, 2.75) is 58.3 Å². The molecule has 1 heterocycles. The summed E-state index contributed by atoms with van der Waals surface area (Å²) in [6.07, 6.45) is 6.53. The Hall–Kier alpha value is -0.500. The summed E-state index contributed by atoms with van der Waals surface area (Å²) in [7, 11) is 0. The van der Waals surface area contributed by atoms with Gasteiger partial charge in [-0.1, -0.05) is 20.8 Å². The van der Waals surface area contributed by atoms with Gasteiger partial charge in [-0.2, -0.15) is 0 Å². The molecule has 1 aliphatic rings. The maximum absolute atomic E-state index is 5.87. The van der Waals surface area contributed by atoms with Crippen LogP contribution in [0.25, 0.3) is 0 Å². The molecule has 96 valence electrons. The highest BCUT2D eigenvalue weighted by Crippen LogP contribution is 2.43. The summed E-state index contributed by atoms with van der Waals surface area (Å²) in [5, 5.41) is 0. The number of halogens is 1. The van der Waals surface area contributed by atoms with Crippen molar-refractivity contribution >= 4 is 11.6 Å². The molecule has 1 aliphatic carbocycles. The van der Waals surface area contributed by atoms with Crippen LogP contribution < -0.4 is 0 Å².